The molecule has 0 fully saturated rings. The highest BCUT2D eigenvalue weighted by atomic mass is 19.1. The average molecular weight is 351 g/mol. The maximum Gasteiger partial charge on any atom is 0.128 e. The van der Waals surface area contributed by atoms with Gasteiger partial charge in [-0.1, -0.05) is 12.1 Å². The molecule has 1 N–H and O–H groups in total. The smallest absolute Gasteiger partial charge is 0.128 e. The van der Waals surface area contributed by atoms with Crippen molar-refractivity contribution < 1.29 is 9.13 Å². The highest BCUT2D eigenvalue weighted by Gasteiger charge is 2.18. The first-order valence-electron chi connectivity index (χ1n) is 8.20. The number of nitrogens with one attached hydrogen (secondary N) is 1. The SMILES string of the molecule is COc1cc(N2CN(Cc3ccc(F)cc3)C=N2)ccc1-c1cn[nH]c1. The second-order valence-electron chi connectivity index (χ2n) is 6.02. The molecule has 6 nitrogen and oxygen atoms in total. The zero-order valence-corrected chi connectivity index (χ0v) is 14.3. The third kappa shape index (κ3) is 3.23. The first-order valence-corrected chi connectivity index (χ1v) is 8.20. The second-order valence-corrected chi connectivity index (χ2v) is 6.02. The number of aromatic nitrogens is 2. The molecule has 1 aliphatic rings. The lowest BCUT2D eigenvalue weighted by Crippen LogP contribution is -2.26. The van der Waals surface area contributed by atoms with Gasteiger partial charge in [0.15, 0.2) is 0 Å². The number of ether oxygens (including phenoxy) is 1. The molecule has 2 aromatic carbocycles. The van der Waals surface area contributed by atoms with Gasteiger partial charge in [-0.15, -0.1) is 0 Å². The molecule has 1 aliphatic heterocycles. The van der Waals surface area contributed by atoms with Crippen LogP contribution in [0.3, 0.4) is 0 Å². The molecule has 4 rings (SSSR count). The van der Waals surface area contributed by atoms with Gasteiger partial charge in [-0.2, -0.15) is 10.2 Å². The number of methoxy groups -OCH3 is 1. The first-order chi connectivity index (χ1) is 12.7. The quantitative estimate of drug-likeness (QED) is 0.765. The molecule has 0 aliphatic carbocycles. The van der Waals surface area contributed by atoms with Crippen molar-refractivity contribution in [3.63, 3.8) is 0 Å². The van der Waals surface area contributed by atoms with Crippen LogP contribution >= 0.6 is 0 Å². The maximum absolute atomic E-state index is 13.0. The summed E-state index contributed by atoms with van der Waals surface area (Å²) in [5.74, 6) is 0.534. The number of H-pyrrole nitrogens is 1. The van der Waals surface area contributed by atoms with Crippen molar-refractivity contribution in [2.75, 3.05) is 18.8 Å². The van der Waals surface area contributed by atoms with Crippen LogP contribution in [0.1, 0.15) is 5.56 Å². The first kappa shape index (κ1) is 16.1. The largest absolute Gasteiger partial charge is 0.496 e. The molecule has 0 bridgehead atoms. The molecule has 0 radical (unpaired) electrons. The van der Waals surface area contributed by atoms with Crippen molar-refractivity contribution in [2.45, 2.75) is 6.54 Å². The van der Waals surface area contributed by atoms with Crippen LogP contribution < -0.4 is 9.75 Å². The lowest BCUT2D eigenvalue weighted by Gasteiger charge is -2.20. The topological polar surface area (TPSA) is 56.8 Å². The Labute approximate surface area is 150 Å². The zero-order chi connectivity index (χ0) is 17.9. The summed E-state index contributed by atoms with van der Waals surface area (Å²) in [6.45, 7) is 1.29. The summed E-state index contributed by atoms with van der Waals surface area (Å²) in [5, 5.41) is 13.1. The van der Waals surface area contributed by atoms with E-state index in [-0.39, 0.29) is 5.82 Å². The zero-order valence-electron chi connectivity index (χ0n) is 14.3. The number of hydrazone groups is 1. The minimum absolute atomic E-state index is 0.227. The Hall–Kier alpha value is -3.35. The van der Waals surface area contributed by atoms with E-state index in [9.17, 15) is 4.39 Å². The van der Waals surface area contributed by atoms with E-state index in [1.165, 1.54) is 12.1 Å². The minimum Gasteiger partial charge on any atom is -0.496 e. The Kier molecular flexibility index (Phi) is 4.27. The molecule has 132 valence electrons. The Bertz CT molecular complexity index is 908. The van der Waals surface area contributed by atoms with Gasteiger partial charge >= 0.3 is 0 Å². The number of nitrogens with zero attached hydrogens (tertiary/aromatic N) is 4. The van der Waals surface area contributed by atoms with E-state index in [0.29, 0.717) is 13.2 Å². The highest BCUT2D eigenvalue weighted by molar-refractivity contribution is 5.73. The molecule has 1 aromatic heterocycles. The fourth-order valence-corrected chi connectivity index (χ4v) is 2.92. The van der Waals surface area contributed by atoms with Crippen LogP contribution in [0.5, 0.6) is 5.75 Å². The fourth-order valence-electron chi connectivity index (χ4n) is 2.92. The number of hydrogen-bond donors (Lipinski definition) is 1. The van der Waals surface area contributed by atoms with Crippen molar-refractivity contribution in [2.24, 2.45) is 5.10 Å². The standard InChI is InChI=1S/C19H18FN5O/c1-26-19-8-17(6-7-18(19)15-9-21-22-10-15)25-13-24(12-23-25)11-14-2-4-16(20)5-3-14/h2-10,12H,11,13H2,1H3,(H,21,22). The fraction of sp³-hybridized carbons (Fsp3) is 0.158. The Balaban J connectivity index is 1.48. The van der Waals surface area contributed by atoms with Gasteiger partial charge in [-0.25, -0.2) is 9.40 Å². The van der Waals surface area contributed by atoms with Crippen LogP contribution in [0.25, 0.3) is 11.1 Å². The third-order valence-corrected chi connectivity index (χ3v) is 4.26. The van der Waals surface area contributed by atoms with Gasteiger partial charge < -0.3 is 9.64 Å². The summed E-state index contributed by atoms with van der Waals surface area (Å²) in [4.78, 5) is 2.06. The van der Waals surface area contributed by atoms with Gasteiger partial charge in [0, 0.05) is 29.9 Å². The van der Waals surface area contributed by atoms with Gasteiger partial charge in [-0.3, -0.25) is 5.10 Å². The Morgan fingerprint density at radius 2 is 2.04 bits per heavy atom. The summed E-state index contributed by atoms with van der Waals surface area (Å²) in [7, 11) is 1.65. The van der Waals surface area contributed by atoms with E-state index in [1.54, 1.807) is 31.8 Å². The number of aromatic amines is 1. The lowest BCUT2D eigenvalue weighted by molar-refractivity contribution is 0.416. The number of rotatable bonds is 5. The van der Waals surface area contributed by atoms with Crippen molar-refractivity contribution in [1.82, 2.24) is 15.1 Å². The summed E-state index contributed by atoms with van der Waals surface area (Å²) < 4.78 is 18.6. The molecule has 0 saturated heterocycles. The third-order valence-electron chi connectivity index (χ3n) is 4.26. The molecule has 26 heavy (non-hydrogen) atoms. The van der Waals surface area contributed by atoms with Gasteiger partial charge in [0.1, 0.15) is 24.6 Å². The predicted molar refractivity (Wildman–Crippen MR) is 98.4 cm³/mol. The molecule has 7 heteroatoms. The van der Waals surface area contributed by atoms with Gasteiger partial charge in [-0.05, 0) is 29.8 Å². The lowest BCUT2D eigenvalue weighted by atomic mass is 10.1. The van der Waals surface area contributed by atoms with E-state index >= 15 is 0 Å². The van der Waals surface area contributed by atoms with Crippen molar-refractivity contribution in [3.05, 3.63) is 66.2 Å². The molecule has 0 unspecified atom stereocenters. The predicted octanol–water partition coefficient (Wildman–Crippen LogP) is 3.45. The molecule has 2 heterocycles. The summed E-state index contributed by atoms with van der Waals surface area (Å²) in [6.07, 6.45) is 5.38. The van der Waals surface area contributed by atoms with Crippen molar-refractivity contribution in [1.29, 1.82) is 0 Å². The van der Waals surface area contributed by atoms with Crippen LogP contribution in [0, 0.1) is 5.82 Å². The Morgan fingerprint density at radius 1 is 1.19 bits per heavy atom. The molecular weight excluding hydrogens is 333 g/mol. The summed E-state index contributed by atoms with van der Waals surface area (Å²) in [6, 6.07) is 12.5. The molecule has 0 saturated carbocycles. The van der Waals surface area contributed by atoms with E-state index in [4.69, 9.17) is 4.74 Å². The van der Waals surface area contributed by atoms with Gasteiger partial charge in [0.2, 0.25) is 0 Å². The van der Waals surface area contributed by atoms with Crippen molar-refractivity contribution >= 4 is 12.0 Å². The van der Waals surface area contributed by atoms with E-state index < -0.39 is 0 Å². The molecule has 0 amide bonds. The maximum atomic E-state index is 13.0. The van der Waals surface area contributed by atoms with Crippen LogP contribution in [-0.2, 0) is 6.54 Å². The molecule has 3 aromatic rings. The van der Waals surface area contributed by atoms with E-state index in [2.05, 4.69) is 20.2 Å². The number of anilines is 1. The van der Waals surface area contributed by atoms with E-state index in [0.717, 1.165) is 28.1 Å². The van der Waals surface area contributed by atoms with Crippen LogP contribution in [0.2, 0.25) is 0 Å². The number of halogens is 1. The average Bonchev–Trinajstić information content (AvgIpc) is 3.35. The van der Waals surface area contributed by atoms with Gasteiger partial charge in [0.05, 0.1) is 19.0 Å². The normalized spacial score (nSPS) is 13.5. The van der Waals surface area contributed by atoms with Crippen molar-refractivity contribution in [3.8, 4) is 16.9 Å². The van der Waals surface area contributed by atoms with E-state index in [1.807, 2.05) is 29.4 Å². The number of benzene rings is 2. The molecule has 0 atom stereocenters. The minimum atomic E-state index is -0.227. The van der Waals surface area contributed by atoms with Gasteiger partial charge in [0.25, 0.3) is 0 Å². The molecular formula is C19H18FN5O. The summed E-state index contributed by atoms with van der Waals surface area (Å²) in [5.41, 5.74) is 3.91. The molecule has 0 spiro atoms. The van der Waals surface area contributed by atoms with Crippen LogP contribution in [-0.4, -0.2) is 35.2 Å². The van der Waals surface area contributed by atoms with Crippen LogP contribution in [0.4, 0.5) is 10.1 Å². The summed E-state index contributed by atoms with van der Waals surface area (Å²) >= 11 is 0. The Morgan fingerprint density at radius 3 is 2.77 bits per heavy atom. The number of hydrogen-bond acceptors (Lipinski definition) is 5. The monoisotopic (exact) mass is 351 g/mol. The second kappa shape index (κ2) is 6.87. The van der Waals surface area contributed by atoms with Crippen LogP contribution in [0.15, 0.2) is 60.0 Å². The highest BCUT2D eigenvalue weighted by Crippen LogP contribution is 2.33.